The summed E-state index contributed by atoms with van der Waals surface area (Å²) in [5.41, 5.74) is 5.46. The predicted octanol–water partition coefficient (Wildman–Crippen LogP) is -0.738. The Morgan fingerprint density at radius 2 is 1.68 bits per heavy atom. The van der Waals surface area contributed by atoms with Crippen LogP contribution in [-0.4, -0.2) is 52.1 Å². The average molecular weight is 349 g/mol. The van der Waals surface area contributed by atoms with Crippen molar-refractivity contribution in [1.29, 1.82) is 0 Å². The lowest BCUT2D eigenvalue weighted by atomic mass is 9.82. The topological polar surface area (TPSA) is 127 Å². The Hall–Kier alpha value is -2.55. The highest BCUT2D eigenvalue weighted by atomic mass is 16.7. The van der Waals surface area contributed by atoms with Gasteiger partial charge in [0.05, 0.1) is 18.4 Å². The van der Waals surface area contributed by atoms with Gasteiger partial charge in [-0.25, -0.2) is 4.79 Å². The first-order valence-corrected chi connectivity index (χ1v) is 8.24. The van der Waals surface area contributed by atoms with E-state index in [4.69, 9.17) is 10.6 Å². The molecular formula is C16H19N3O6. The van der Waals surface area contributed by atoms with Crippen molar-refractivity contribution >= 4 is 29.6 Å². The van der Waals surface area contributed by atoms with Crippen molar-refractivity contribution < 1.29 is 28.8 Å². The van der Waals surface area contributed by atoms with Gasteiger partial charge < -0.3 is 10.6 Å². The van der Waals surface area contributed by atoms with Gasteiger partial charge in [-0.3, -0.25) is 24.1 Å². The minimum atomic E-state index is -0.958. The normalized spacial score (nSPS) is 29.7. The Labute approximate surface area is 143 Å². The summed E-state index contributed by atoms with van der Waals surface area (Å²) >= 11 is 0. The number of hydrogen-bond acceptors (Lipinski definition) is 7. The molecule has 1 unspecified atom stereocenters. The van der Waals surface area contributed by atoms with Crippen LogP contribution >= 0.6 is 0 Å². The van der Waals surface area contributed by atoms with E-state index < -0.39 is 29.7 Å². The number of hydrogen-bond donors (Lipinski definition) is 1. The molecule has 2 N–H and O–H groups in total. The van der Waals surface area contributed by atoms with E-state index in [0.29, 0.717) is 37.3 Å². The van der Waals surface area contributed by atoms with Gasteiger partial charge in [0.15, 0.2) is 0 Å². The molecule has 9 heteroatoms. The molecule has 1 saturated carbocycles. The van der Waals surface area contributed by atoms with Gasteiger partial charge >= 0.3 is 5.97 Å². The van der Waals surface area contributed by atoms with E-state index in [-0.39, 0.29) is 24.2 Å². The van der Waals surface area contributed by atoms with Gasteiger partial charge in [-0.05, 0) is 31.6 Å². The summed E-state index contributed by atoms with van der Waals surface area (Å²) in [5.74, 6) is -2.85. The van der Waals surface area contributed by atoms with Gasteiger partial charge in [0, 0.05) is 18.7 Å². The summed E-state index contributed by atoms with van der Waals surface area (Å²) < 4.78 is 0. The van der Waals surface area contributed by atoms with E-state index in [2.05, 4.69) is 0 Å². The Kier molecular flexibility index (Phi) is 4.67. The standard InChI is InChI=1S/C16H19N3O6/c17-11-7-14(22)19(15(11)23)25-16(24)10-3-1-9(2-4-10)8-18-12(20)5-6-13(18)21/h5-6,9-11H,1-4,7-8,17H2. The van der Waals surface area contributed by atoms with Crippen molar-refractivity contribution in [3.05, 3.63) is 12.2 Å². The maximum atomic E-state index is 12.2. The van der Waals surface area contributed by atoms with Gasteiger partial charge in [-0.1, -0.05) is 0 Å². The molecule has 0 aromatic carbocycles. The summed E-state index contributed by atoms with van der Waals surface area (Å²) in [6, 6.07) is -0.958. The van der Waals surface area contributed by atoms with Crippen LogP contribution in [0.5, 0.6) is 0 Å². The number of rotatable bonds is 4. The quantitative estimate of drug-likeness (QED) is 0.662. The Morgan fingerprint density at radius 1 is 1.08 bits per heavy atom. The number of imide groups is 2. The van der Waals surface area contributed by atoms with E-state index in [1.54, 1.807) is 0 Å². The molecule has 0 radical (unpaired) electrons. The molecule has 3 aliphatic rings. The Balaban J connectivity index is 1.48. The van der Waals surface area contributed by atoms with Crippen LogP contribution in [0.25, 0.3) is 0 Å². The Bertz CT molecular complexity index is 647. The average Bonchev–Trinajstić information content (AvgIpc) is 3.02. The van der Waals surface area contributed by atoms with Gasteiger partial charge in [0.2, 0.25) is 0 Å². The molecule has 0 aromatic rings. The molecular weight excluding hydrogens is 330 g/mol. The van der Waals surface area contributed by atoms with Gasteiger partial charge in [0.1, 0.15) is 0 Å². The fourth-order valence-corrected chi connectivity index (χ4v) is 3.34. The van der Waals surface area contributed by atoms with E-state index >= 15 is 0 Å². The monoisotopic (exact) mass is 349 g/mol. The highest BCUT2D eigenvalue weighted by molar-refractivity contribution is 6.12. The second-order valence-corrected chi connectivity index (χ2v) is 6.59. The van der Waals surface area contributed by atoms with Gasteiger partial charge in [0.25, 0.3) is 23.6 Å². The molecule has 2 aliphatic heterocycles. The van der Waals surface area contributed by atoms with Crippen LogP contribution in [0.3, 0.4) is 0 Å². The van der Waals surface area contributed by atoms with Gasteiger partial charge in [-0.15, -0.1) is 5.06 Å². The summed E-state index contributed by atoms with van der Waals surface area (Å²) in [6.07, 6.45) is 4.66. The number of hydroxylamine groups is 2. The van der Waals surface area contributed by atoms with Crippen molar-refractivity contribution in [3.8, 4) is 0 Å². The van der Waals surface area contributed by atoms with Crippen LogP contribution in [-0.2, 0) is 28.8 Å². The second kappa shape index (κ2) is 6.75. The van der Waals surface area contributed by atoms with E-state index in [1.165, 1.54) is 17.1 Å². The van der Waals surface area contributed by atoms with Crippen LogP contribution < -0.4 is 5.73 Å². The van der Waals surface area contributed by atoms with Crippen LogP contribution in [0.1, 0.15) is 32.1 Å². The third-order valence-electron chi connectivity index (χ3n) is 4.84. The SMILES string of the molecule is NC1CC(=O)N(OC(=O)C2CCC(CN3C(=O)C=CC3=O)CC2)C1=O. The van der Waals surface area contributed by atoms with Crippen LogP contribution in [0.15, 0.2) is 12.2 Å². The third kappa shape index (κ3) is 3.46. The number of amides is 4. The molecule has 4 amide bonds. The first kappa shape index (κ1) is 17.3. The summed E-state index contributed by atoms with van der Waals surface area (Å²) in [5, 5.41) is 0.465. The third-order valence-corrected chi connectivity index (χ3v) is 4.84. The summed E-state index contributed by atoms with van der Waals surface area (Å²) in [7, 11) is 0. The fraction of sp³-hybridized carbons (Fsp3) is 0.562. The molecule has 2 fully saturated rings. The number of carbonyl (C=O) groups excluding carboxylic acids is 5. The van der Waals surface area contributed by atoms with Crippen molar-refractivity contribution in [3.63, 3.8) is 0 Å². The highest BCUT2D eigenvalue weighted by Crippen LogP contribution is 2.31. The van der Waals surface area contributed by atoms with E-state index in [1.807, 2.05) is 0 Å². The van der Waals surface area contributed by atoms with Crippen molar-refractivity contribution in [1.82, 2.24) is 9.96 Å². The molecule has 3 rings (SSSR count). The van der Waals surface area contributed by atoms with Crippen LogP contribution in [0.2, 0.25) is 0 Å². The second-order valence-electron chi connectivity index (χ2n) is 6.59. The van der Waals surface area contributed by atoms with Crippen molar-refractivity contribution in [2.24, 2.45) is 17.6 Å². The Morgan fingerprint density at radius 3 is 2.20 bits per heavy atom. The number of nitrogens with zero attached hydrogens (tertiary/aromatic N) is 2. The summed E-state index contributed by atoms with van der Waals surface area (Å²) in [4.78, 5) is 64.7. The molecule has 0 spiro atoms. The van der Waals surface area contributed by atoms with E-state index in [9.17, 15) is 24.0 Å². The minimum absolute atomic E-state index is 0.125. The molecule has 1 aliphatic carbocycles. The first-order chi connectivity index (χ1) is 11.9. The van der Waals surface area contributed by atoms with Gasteiger partial charge in [-0.2, -0.15) is 0 Å². The van der Waals surface area contributed by atoms with E-state index in [0.717, 1.165) is 0 Å². The lowest BCUT2D eigenvalue weighted by Gasteiger charge is -2.29. The first-order valence-electron chi connectivity index (χ1n) is 8.24. The maximum absolute atomic E-state index is 12.2. The molecule has 1 saturated heterocycles. The predicted molar refractivity (Wildman–Crippen MR) is 81.8 cm³/mol. The number of carbonyl (C=O) groups is 5. The largest absolute Gasteiger partial charge is 0.336 e. The van der Waals surface area contributed by atoms with Crippen LogP contribution in [0, 0.1) is 11.8 Å². The maximum Gasteiger partial charge on any atom is 0.336 e. The molecule has 1 atom stereocenters. The summed E-state index contributed by atoms with van der Waals surface area (Å²) in [6.45, 7) is 0.338. The smallest absolute Gasteiger partial charge is 0.330 e. The molecule has 25 heavy (non-hydrogen) atoms. The molecule has 9 nitrogen and oxygen atoms in total. The molecule has 0 bridgehead atoms. The lowest BCUT2D eigenvalue weighted by molar-refractivity contribution is -0.201. The minimum Gasteiger partial charge on any atom is -0.330 e. The molecule has 2 heterocycles. The highest BCUT2D eigenvalue weighted by Gasteiger charge is 2.41. The zero-order valence-electron chi connectivity index (χ0n) is 13.6. The number of nitrogens with two attached hydrogens (primary N) is 1. The zero-order valence-corrected chi connectivity index (χ0v) is 13.6. The van der Waals surface area contributed by atoms with Crippen molar-refractivity contribution in [2.75, 3.05) is 6.54 Å². The fourth-order valence-electron chi connectivity index (χ4n) is 3.34. The molecule has 0 aromatic heterocycles. The van der Waals surface area contributed by atoms with Crippen molar-refractivity contribution in [2.45, 2.75) is 38.1 Å². The lowest BCUT2D eigenvalue weighted by Crippen LogP contribution is -2.40. The zero-order chi connectivity index (χ0) is 18.1. The molecule has 134 valence electrons. The van der Waals surface area contributed by atoms with Crippen LogP contribution in [0.4, 0.5) is 0 Å².